The number of benzene rings is 1. The van der Waals surface area contributed by atoms with Gasteiger partial charge in [0.15, 0.2) is 5.69 Å². The molecular weight excluding hydrogens is 433 g/mol. The molecule has 1 aromatic heterocycles. The predicted octanol–water partition coefficient (Wildman–Crippen LogP) is 6.24. The van der Waals surface area contributed by atoms with Crippen LogP contribution < -0.4 is 4.90 Å². The van der Waals surface area contributed by atoms with Crippen LogP contribution in [0.4, 0.5) is 23.0 Å². The minimum absolute atomic E-state index is 0. The average molecular weight is 461 g/mol. The first-order valence-corrected chi connectivity index (χ1v) is 9.94. The van der Waals surface area contributed by atoms with E-state index in [-0.39, 0.29) is 29.7 Å². The number of halogens is 3. The summed E-state index contributed by atoms with van der Waals surface area (Å²) in [6, 6.07) is 7.10. The third-order valence-corrected chi connectivity index (χ3v) is 4.67. The lowest BCUT2D eigenvalue weighted by molar-refractivity contribution is -0.119. The maximum absolute atomic E-state index is 13.3. The van der Waals surface area contributed by atoms with Crippen LogP contribution in [0.15, 0.2) is 24.3 Å². The minimum Gasteiger partial charge on any atom is -0.461 e. The van der Waals surface area contributed by atoms with Gasteiger partial charge < -0.3 is 9.47 Å². The Morgan fingerprint density at radius 3 is 2.35 bits per heavy atom. The molecule has 10 heteroatoms. The molecule has 0 spiro atoms. The van der Waals surface area contributed by atoms with Crippen LogP contribution in [0, 0.1) is 6.92 Å². The Kier molecular flexibility index (Phi) is 8.63. The molecule has 6 nitrogen and oxygen atoms in total. The summed E-state index contributed by atoms with van der Waals surface area (Å²) in [7, 11) is 0. The normalized spacial score (nSPS) is 11.5. The van der Waals surface area contributed by atoms with Crippen molar-refractivity contribution in [1.82, 2.24) is 4.98 Å². The lowest BCUT2D eigenvalue weighted by Crippen LogP contribution is -2.42. The van der Waals surface area contributed by atoms with Crippen LogP contribution in [-0.2, 0) is 9.47 Å². The zero-order valence-corrected chi connectivity index (χ0v) is 18.1. The summed E-state index contributed by atoms with van der Waals surface area (Å²) in [6.45, 7) is 6.38. The average Bonchev–Trinajstić information content (AvgIpc) is 3.03. The maximum Gasteiger partial charge on any atom is 0.415 e. The number of carbonyl (C=O) groups excluding carboxylic acids is 2. The smallest absolute Gasteiger partial charge is 0.415 e. The first kappa shape index (κ1) is 26.4. The molecule has 0 bridgehead atoms. The number of anilines is 1. The Labute approximate surface area is 184 Å². The van der Waals surface area contributed by atoms with Gasteiger partial charge in [-0.2, -0.15) is 13.2 Å². The Hall–Kier alpha value is -2.62. The van der Waals surface area contributed by atoms with E-state index in [0.717, 1.165) is 16.9 Å². The third-order valence-electron chi connectivity index (χ3n) is 3.54. The maximum atomic E-state index is 13.3. The number of amides is 1. The zero-order valence-electron chi connectivity index (χ0n) is 17.3. The highest BCUT2D eigenvalue weighted by Gasteiger charge is 2.39. The molecule has 0 atom stereocenters. The van der Waals surface area contributed by atoms with Gasteiger partial charge in [0, 0.05) is 5.56 Å². The molecule has 0 saturated heterocycles. The van der Waals surface area contributed by atoms with E-state index in [2.05, 4.69) is 4.98 Å². The molecule has 2 rings (SSSR count). The predicted molar refractivity (Wildman–Crippen MR) is 115 cm³/mol. The quantitative estimate of drug-likeness (QED) is 0.495. The van der Waals surface area contributed by atoms with Gasteiger partial charge in [0.2, 0.25) is 0 Å². The highest BCUT2D eigenvalue weighted by molar-refractivity contribution is 7.19. The van der Waals surface area contributed by atoms with Crippen molar-refractivity contribution in [2.24, 2.45) is 0 Å². The monoisotopic (exact) mass is 460 g/mol. The van der Waals surface area contributed by atoms with Crippen molar-refractivity contribution in [2.75, 3.05) is 18.1 Å². The molecule has 0 aliphatic heterocycles. The Morgan fingerprint density at radius 1 is 1.19 bits per heavy atom. The van der Waals surface area contributed by atoms with Gasteiger partial charge in [-0.3, -0.25) is 4.90 Å². The van der Waals surface area contributed by atoms with Crippen molar-refractivity contribution in [3.8, 4) is 10.6 Å². The summed E-state index contributed by atoms with van der Waals surface area (Å²) < 4.78 is 49.9. The van der Waals surface area contributed by atoms with E-state index in [1.165, 1.54) is 20.8 Å². The summed E-state index contributed by atoms with van der Waals surface area (Å²) in [6.07, 6.45) is -5.96. The van der Waals surface area contributed by atoms with Gasteiger partial charge >= 0.3 is 18.2 Å². The van der Waals surface area contributed by atoms with Gasteiger partial charge in [-0.25, -0.2) is 14.6 Å². The fourth-order valence-corrected chi connectivity index (χ4v) is 3.48. The molecule has 172 valence electrons. The highest BCUT2D eigenvalue weighted by atomic mass is 32.1. The van der Waals surface area contributed by atoms with Crippen molar-refractivity contribution >= 4 is 28.4 Å². The number of carbonyl (C=O) groups is 2. The molecule has 31 heavy (non-hydrogen) atoms. The van der Waals surface area contributed by atoms with E-state index in [9.17, 15) is 22.8 Å². The van der Waals surface area contributed by atoms with Crippen LogP contribution in [0.25, 0.3) is 10.6 Å². The summed E-state index contributed by atoms with van der Waals surface area (Å²) in [5.74, 6) is -0.918. The van der Waals surface area contributed by atoms with Crippen molar-refractivity contribution in [3.63, 3.8) is 0 Å². The van der Waals surface area contributed by atoms with Crippen LogP contribution in [0.1, 0.15) is 51.2 Å². The Bertz CT molecular complexity index is 920. The zero-order chi connectivity index (χ0) is 22.7. The molecule has 0 fully saturated rings. The van der Waals surface area contributed by atoms with Crippen molar-refractivity contribution < 1.29 is 32.2 Å². The fraction of sp³-hybridized carbons (Fsp3) is 0.476. The van der Waals surface area contributed by atoms with Crippen LogP contribution in [0.3, 0.4) is 0 Å². The number of ether oxygens (including phenoxy) is 2. The largest absolute Gasteiger partial charge is 0.461 e. The minimum atomic E-state index is -4.73. The van der Waals surface area contributed by atoms with Gasteiger partial charge in [0.25, 0.3) is 0 Å². The Balaban J connectivity index is 0.00000480. The van der Waals surface area contributed by atoms with E-state index in [1.807, 2.05) is 13.0 Å². The summed E-state index contributed by atoms with van der Waals surface area (Å²) >= 11 is 0.792. The van der Waals surface area contributed by atoms with Crippen molar-refractivity contribution in [3.05, 3.63) is 35.5 Å². The number of aryl methyl sites for hydroxylation is 1. The van der Waals surface area contributed by atoms with Crippen LogP contribution in [-0.4, -0.2) is 42.0 Å². The van der Waals surface area contributed by atoms with Crippen molar-refractivity contribution in [2.45, 2.75) is 53.8 Å². The van der Waals surface area contributed by atoms with E-state index in [0.29, 0.717) is 10.5 Å². The van der Waals surface area contributed by atoms with E-state index < -0.39 is 30.4 Å². The van der Waals surface area contributed by atoms with E-state index in [1.54, 1.807) is 25.1 Å². The van der Waals surface area contributed by atoms with Crippen LogP contribution >= 0.6 is 11.3 Å². The van der Waals surface area contributed by atoms with Gasteiger partial charge in [0.05, 0.1) is 6.61 Å². The first-order chi connectivity index (χ1) is 13.8. The topological polar surface area (TPSA) is 68.7 Å². The lowest BCUT2D eigenvalue weighted by atomic mass is 10.1. The van der Waals surface area contributed by atoms with E-state index in [4.69, 9.17) is 9.47 Å². The molecular formula is C21H27F3N2O4S. The summed E-state index contributed by atoms with van der Waals surface area (Å²) in [4.78, 5) is 29.6. The first-order valence-electron chi connectivity index (χ1n) is 9.13. The number of rotatable bonds is 5. The number of alkyl halides is 3. The van der Waals surface area contributed by atoms with Gasteiger partial charge in [-0.05, 0) is 40.7 Å². The molecule has 0 aliphatic carbocycles. The second kappa shape index (κ2) is 10.1. The second-order valence-electron chi connectivity index (χ2n) is 7.44. The number of nitrogens with zero attached hydrogens (tertiary/aromatic N) is 2. The van der Waals surface area contributed by atoms with Gasteiger partial charge in [-0.1, -0.05) is 42.5 Å². The molecule has 2 aromatic rings. The second-order valence-corrected chi connectivity index (χ2v) is 8.42. The number of aromatic nitrogens is 1. The molecule has 0 saturated carbocycles. The number of thiazole rings is 1. The van der Waals surface area contributed by atoms with Gasteiger partial charge in [-0.15, -0.1) is 0 Å². The summed E-state index contributed by atoms with van der Waals surface area (Å²) in [5.41, 5.74) is 0.109. The molecule has 0 unspecified atom stereocenters. The van der Waals surface area contributed by atoms with Gasteiger partial charge in [0.1, 0.15) is 22.2 Å². The van der Waals surface area contributed by atoms with E-state index >= 15 is 0 Å². The molecule has 1 amide bonds. The summed E-state index contributed by atoms with van der Waals surface area (Å²) in [5, 5.41) is 0.00372. The number of esters is 1. The molecule has 0 radical (unpaired) electrons. The lowest BCUT2D eigenvalue weighted by Gasteiger charge is -2.27. The van der Waals surface area contributed by atoms with Crippen molar-refractivity contribution in [1.29, 1.82) is 0 Å². The number of hydrogen-bond acceptors (Lipinski definition) is 6. The molecule has 1 aromatic carbocycles. The number of hydrogen-bond donors (Lipinski definition) is 0. The SMILES string of the molecule is C.CCOC(=O)c1nc(-c2cccc(C)c2)sc1N(CC(F)(F)F)C(=O)OC(C)(C)C. The van der Waals surface area contributed by atoms with Crippen LogP contribution in [0.2, 0.25) is 0 Å². The highest BCUT2D eigenvalue weighted by Crippen LogP contribution is 2.37. The molecule has 1 heterocycles. The third kappa shape index (κ3) is 7.54. The molecule has 0 aliphatic rings. The van der Waals surface area contributed by atoms with Crippen LogP contribution in [0.5, 0.6) is 0 Å². The molecule has 0 N–H and O–H groups in total. The fourth-order valence-electron chi connectivity index (χ4n) is 2.44. The Morgan fingerprint density at radius 2 is 1.84 bits per heavy atom. The standard InChI is InChI=1S/C20H23F3N2O4S.CH4/c1-6-28-17(26)14-16(30-15(24-14)13-9-7-8-12(2)10-13)25(11-20(21,22)23)18(27)29-19(3,4)5;/h7-10H,6,11H2,1-5H3;1H4.